The highest BCUT2D eigenvalue weighted by molar-refractivity contribution is 6.08. The van der Waals surface area contributed by atoms with Crippen molar-refractivity contribution >= 4 is 64.5 Å². The molecular formula is C62H71N7O16. The van der Waals surface area contributed by atoms with Crippen LogP contribution in [0.4, 0.5) is 31.4 Å². The summed E-state index contributed by atoms with van der Waals surface area (Å²) in [5.74, 6) is -0.613. The van der Waals surface area contributed by atoms with E-state index in [1.807, 2.05) is 30.5 Å². The number of hydrogen-bond donors (Lipinski definition) is 4. The van der Waals surface area contributed by atoms with Gasteiger partial charge in [-0.2, -0.15) is 0 Å². The maximum atomic E-state index is 14.5. The molecule has 1 unspecified atom stereocenters. The van der Waals surface area contributed by atoms with Crippen molar-refractivity contribution in [2.75, 3.05) is 76.0 Å². The Kier molecular flexibility index (Phi) is 18.5. The molecule has 85 heavy (non-hydrogen) atoms. The normalized spacial score (nSPS) is 18.6. The minimum atomic E-state index is -1.50. The van der Waals surface area contributed by atoms with Crippen molar-refractivity contribution in [3.8, 4) is 28.7 Å². The smallest absolute Gasteiger partial charge is 0.416 e. The van der Waals surface area contributed by atoms with Gasteiger partial charge in [0.05, 0.1) is 75.7 Å². The molecule has 4 aromatic rings. The molecule has 1 saturated carbocycles. The van der Waals surface area contributed by atoms with Crippen LogP contribution in [0.5, 0.6) is 28.7 Å². The first kappa shape index (κ1) is 60.3. The number of methoxy groups -OCH3 is 3. The summed E-state index contributed by atoms with van der Waals surface area (Å²) in [6, 6.07) is 17.0. The number of benzene rings is 4. The van der Waals surface area contributed by atoms with Gasteiger partial charge in [-0.3, -0.25) is 24.1 Å². The molecule has 4 N–H and O–H groups in total. The van der Waals surface area contributed by atoms with Gasteiger partial charge in [0.2, 0.25) is 11.8 Å². The molecule has 23 heteroatoms. The maximum absolute atomic E-state index is 14.5. The van der Waals surface area contributed by atoms with Gasteiger partial charge in [-0.05, 0) is 97.0 Å². The third-order valence-electron chi connectivity index (χ3n) is 15.6. The van der Waals surface area contributed by atoms with Gasteiger partial charge < -0.3 is 68.8 Å². The lowest BCUT2D eigenvalue weighted by atomic mass is 10.0. The fraction of sp³-hybridized carbons (Fsp3) is 0.403. The molecule has 4 aromatic carbocycles. The molecule has 7 amide bonds. The fourth-order valence-electron chi connectivity index (χ4n) is 10.9. The van der Waals surface area contributed by atoms with Crippen molar-refractivity contribution in [3.63, 3.8) is 0 Å². The lowest BCUT2D eigenvalue weighted by molar-refractivity contribution is -0.128. The predicted octanol–water partition coefficient (Wildman–Crippen LogP) is 7.81. The van der Waals surface area contributed by atoms with E-state index in [0.29, 0.717) is 36.4 Å². The van der Waals surface area contributed by atoms with Crippen LogP contribution in [0.3, 0.4) is 0 Å². The Balaban J connectivity index is 0.870. The molecule has 4 heterocycles. The lowest BCUT2D eigenvalue weighted by Gasteiger charge is -2.31. The van der Waals surface area contributed by atoms with Crippen LogP contribution in [0.25, 0.3) is 5.57 Å². The number of nitrogens with one attached hydrogen (secondary N) is 3. The first-order chi connectivity index (χ1) is 40.9. The van der Waals surface area contributed by atoms with Crippen LogP contribution < -0.4 is 49.4 Å². The first-order valence-corrected chi connectivity index (χ1v) is 28.0. The second kappa shape index (κ2) is 26.1. The van der Waals surface area contributed by atoms with Crippen LogP contribution in [0.1, 0.15) is 84.7 Å². The summed E-state index contributed by atoms with van der Waals surface area (Å²) in [5, 5.41) is 20.0. The average Bonchev–Trinajstić information content (AvgIpc) is 1.74. The molecule has 23 nitrogen and oxygen atoms in total. The zero-order chi connectivity index (χ0) is 60.7. The molecule has 0 radical (unpaired) electrons. The summed E-state index contributed by atoms with van der Waals surface area (Å²) in [5.41, 5.74) is 3.21. The van der Waals surface area contributed by atoms with Crippen molar-refractivity contribution in [3.05, 3.63) is 127 Å². The number of anilines is 3. The summed E-state index contributed by atoms with van der Waals surface area (Å²) in [7, 11) is 4.46. The molecule has 4 aliphatic heterocycles. The highest BCUT2D eigenvalue weighted by Gasteiger charge is 2.58. The molecule has 0 aromatic heterocycles. The van der Waals surface area contributed by atoms with E-state index in [1.54, 1.807) is 67.2 Å². The number of rotatable bonds is 22. The quantitative estimate of drug-likeness (QED) is 0.0332. The Bertz CT molecular complexity index is 3250. The molecule has 9 rings (SSSR count). The SMILES string of the molecule is C=CCOC(=O)N[C@@H](C(=O)N[C@@H](C)C(=O)Nc1ccc(COC(=O)N2c3cc(OCCCOc4cc5c(cc4OC)C(=O)N4C=C(c6ccc(OC)cc6)C[C@H]4CN5C(=O)OCC=C)c(OC)cc3C(=O)N3CC4(CC4)C[C@H]3C2O)cc1)C(C)C. The van der Waals surface area contributed by atoms with Gasteiger partial charge in [0.1, 0.15) is 37.7 Å². The van der Waals surface area contributed by atoms with Gasteiger partial charge in [0.15, 0.2) is 29.2 Å². The predicted molar refractivity (Wildman–Crippen MR) is 312 cm³/mol. The maximum Gasteiger partial charge on any atom is 0.416 e. The topological polar surface area (TPSA) is 263 Å². The highest BCUT2D eigenvalue weighted by Crippen LogP contribution is 2.57. The van der Waals surface area contributed by atoms with Gasteiger partial charge in [-0.15, -0.1) is 0 Å². The summed E-state index contributed by atoms with van der Waals surface area (Å²) in [6.07, 6.45) is 3.76. The number of nitrogens with zero attached hydrogens (tertiary/aromatic N) is 4. The van der Waals surface area contributed by atoms with Crippen molar-refractivity contribution in [1.82, 2.24) is 20.4 Å². The first-order valence-electron chi connectivity index (χ1n) is 28.0. The molecule has 0 bridgehead atoms. The summed E-state index contributed by atoms with van der Waals surface area (Å²) >= 11 is 0. The Morgan fingerprint density at radius 1 is 0.741 bits per heavy atom. The van der Waals surface area contributed by atoms with E-state index < -0.39 is 60.5 Å². The van der Waals surface area contributed by atoms with Crippen molar-refractivity contribution in [2.24, 2.45) is 11.3 Å². The molecule has 450 valence electrons. The van der Waals surface area contributed by atoms with Gasteiger partial charge in [0.25, 0.3) is 11.8 Å². The lowest BCUT2D eigenvalue weighted by Crippen LogP contribution is -2.53. The molecule has 5 atom stereocenters. The highest BCUT2D eigenvalue weighted by atomic mass is 16.6. The van der Waals surface area contributed by atoms with E-state index in [9.17, 15) is 38.7 Å². The molecular weight excluding hydrogens is 1100 g/mol. The number of ether oxygens (including phenoxy) is 8. The Hall–Kier alpha value is -9.25. The Labute approximate surface area is 492 Å². The van der Waals surface area contributed by atoms with Crippen LogP contribution in [-0.2, 0) is 30.4 Å². The summed E-state index contributed by atoms with van der Waals surface area (Å²) < 4.78 is 45.7. The van der Waals surface area contributed by atoms with Gasteiger partial charge in [-0.1, -0.05) is 63.4 Å². The minimum Gasteiger partial charge on any atom is -0.497 e. The third-order valence-corrected chi connectivity index (χ3v) is 15.6. The van der Waals surface area contributed by atoms with E-state index in [4.69, 9.17) is 37.9 Å². The van der Waals surface area contributed by atoms with E-state index >= 15 is 0 Å². The van der Waals surface area contributed by atoms with Gasteiger partial charge in [-0.25, -0.2) is 19.3 Å². The van der Waals surface area contributed by atoms with E-state index in [-0.39, 0.29) is 115 Å². The Morgan fingerprint density at radius 3 is 1.99 bits per heavy atom. The van der Waals surface area contributed by atoms with Crippen molar-refractivity contribution in [2.45, 2.75) is 89.9 Å². The number of alkyl carbamates (subject to hydrolysis) is 1. The number of amides is 7. The molecule has 1 saturated heterocycles. The Morgan fingerprint density at radius 2 is 1.38 bits per heavy atom. The minimum absolute atomic E-state index is 0.0351. The largest absolute Gasteiger partial charge is 0.497 e. The molecule has 1 aliphatic carbocycles. The van der Waals surface area contributed by atoms with E-state index in [2.05, 4.69) is 29.1 Å². The second-order valence-electron chi connectivity index (χ2n) is 21.7. The molecule has 5 aliphatic rings. The molecule has 2 fully saturated rings. The monoisotopic (exact) mass is 1170 g/mol. The third kappa shape index (κ3) is 13.3. The van der Waals surface area contributed by atoms with Gasteiger partial charge >= 0.3 is 18.3 Å². The van der Waals surface area contributed by atoms with Crippen molar-refractivity contribution < 1.29 is 76.6 Å². The average molecular weight is 1170 g/mol. The summed E-state index contributed by atoms with van der Waals surface area (Å²) in [4.78, 5) is 101. The second-order valence-corrected chi connectivity index (χ2v) is 21.7. The van der Waals surface area contributed by atoms with Crippen molar-refractivity contribution in [1.29, 1.82) is 0 Å². The number of hydrogen-bond acceptors (Lipinski definition) is 16. The van der Waals surface area contributed by atoms with Crippen LogP contribution >= 0.6 is 0 Å². The van der Waals surface area contributed by atoms with E-state index in [1.165, 1.54) is 50.3 Å². The van der Waals surface area contributed by atoms with Crippen LogP contribution in [0, 0.1) is 11.3 Å². The fourth-order valence-corrected chi connectivity index (χ4v) is 10.9. The number of carbonyl (C=O) groups is 7. The van der Waals surface area contributed by atoms with E-state index in [0.717, 1.165) is 28.9 Å². The molecule has 1 spiro atoms. The zero-order valence-electron chi connectivity index (χ0n) is 48.4. The number of carbonyl (C=O) groups excluding carboxylic acids is 7. The summed E-state index contributed by atoms with van der Waals surface area (Å²) in [6.45, 7) is 12.4. The number of aliphatic hydroxyl groups excluding tert-OH is 1. The standard InChI is InChI=1S/C62H71N7O16/c1-9-22-83-59(75)65-53(36(3)4)55(71)63-37(5)54(70)64-41-16-12-38(13-17-41)34-85-61(77)69-47-30-52(50(80-8)28-45(47)57(73)68-35-62(20-21-62)31-48(68)58(69)74)82-25-11-24-81-51-29-46-44(27-49(51)79-7)56(72)66-32-40(39-14-18-43(78-6)19-15-39)26-42(66)33-67(46)60(76)84-23-10-2/h9-10,12-19,27-30,32,36-37,42,48,53,58,74H,1-2,11,20-26,31,33-35H2,3-8H3,(H,63,71)(H,64,70)(H,65,75)/t37-,42-,48-,53+,58?/m0/s1. The van der Waals surface area contributed by atoms with Crippen LogP contribution in [0.15, 0.2) is 104 Å². The zero-order valence-corrected chi connectivity index (χ0v) is 48.4. The van der Waals surface area contributed by atoms with Crippen LogP contribution in [0.2, 0.25) is 0 Å². The number of fused-ring (bicyclic) bond motifs is 4. The van der Waals surface area contributed by atoms with Crippen LogP contribution in [-0.4, -0.2) is 148 Å². The van der Waals surface area contributed by atoms with Gasteiger partial charge in [0, 0.05) is 37.0 Å². The number of aliphatic hydroxyl groups is 1.